The SMILES string of the molecule is CC(=O)C(C)Sc1ncnc2scc(-c3ccc(Cl)cc3)c12. The summed E-state index contributed by atoms with van der Waals surface area (Å²) in [7, 11) is 0. The van der Waals surface area contributed by atoms with E-state index in [0.717, 1.165) is 26.4 Å². The molecule has 0 aliphatic heterocycles. The minimum atomic E-state index is -0.129. The first-order valence-electron chi connectivity index (χ1n) is 6.71. The predicted molar refractivity (Wildman–Crippen MR) is 93.9 cm³/mol. The number of Topliss-reactive ketones (excluding diaryl/α,β-unsaturated/α-hetero) is 1. The second-order valence-corrected chi connectivity index (χ2v) is 7.51. The lowest BCUT2D eigenvalue weighted by molar-refractivity contribution is -0.116. The molecule has 0 saturated heterocycles. The quantitative estimate of drug-likeness (QED) is 0.487. The molecule has 0 spiro atoms. The van der Waals surface area contributed by atoms with Crippen LogP contribution in [0.2, 0.25) is 5.02 Å². The molecule has 1 unspecified atom stereocenters. The summed E-state index contributed by atoms with van der Waals surface area (Å²) in [5.41, 5.74) is 2.15. The van der Waals surface area contributed by atoms with Crippen molar-refractivity contribution in [1.82, 2.24) is 9.97 Å². The van der Waals surface area contributed by atoms with Gasteiger partial charge in [-0.25, -0.2) is 9.97 Å². The van der Waals surface area contributed by atoms with E-state index in [1.165, 1.54) is 11.8 Å². The Labute approximate surface area is 141 Å². The molecule has 0 aliphatic carbocycles. The fraction of sp³-hybridized carbons (Fsp3) is 0.188. The van der Waals surface area contributed by atoms with Crippen LogP contribution in [0.15, 0.2) is 41.0 Å². The van der Waals surface area contributed by atoms with Gasteiger partial charge < -0.3 is 0 Å². The Kier molecular flexibility index (Phi) is 4.47. The van der Waals surface area contributed by atoms with Crippen LogP contribution >= 0.6 is 34.7 Å². The average molecular weight is 349 g/mol. The lowest BCUT2D eigenvalue weighted by Crippen LogP contribution is -2.08. The molecule has 0 radical (unpaired) electrons. The molecule has 0 fully saturated rings. The number of carbonyl (C=O) groups is 1. The maximum Gasteiger partial charge on any atom is 0.142 e. The summed E-state index contributed by atoms with van der Waals surface area (Å²) < 4.78 is 0. The fourth-order valence-corrected chi connectivity index (χ4v) is 4.07. The van der Waals surface area contributed by atoms with Crippen molar-refractivity contribution >= 4 is 50.7 Å². The lowest BCUT2D eigenvalue weighted by atomic mass is 10.1. The van der Waals surface area contributed by atoms with Crippen molar-refractivity contribution in [2.24, 2.45) is 0 Å². The summed E-state index contributed by atoms with van der Waals surface area (Å²) in [6, 6.07) is 7.71. The minimum absolute atomic E-state index is 0.129. The molecule has 3 nitrogen and oxygen atoms in total. The summed E-state index contributed by atoms with van der Waals surface area (Å²) in [4.78, 5) is 21.2. The fourth-order valence-electron chi connectivity index (χ4n) is 2.03. The first-order chi connectivity index (χ1) is 10.6. The number of hydrogen-bond donors (Lipinski definition) is 0. The summed E-state index contributed by atoms with van der Waals surface area (Å²) in [6.45, 7) is 3.50. The molecule has 1 atom stereocenters. The molecule has 22 heavy (non-hydrogen) atoms. The summed E-state index contributed by atoms with van der Waals surface area (Å²) >= 11 is 9.02. The third kappa shape index (κ3) is 3.02. The number of fused-ring (bicyclic) bond motifs is 1. The number of rotatable bonds is 4. The lowest BCUT2D eigenvalue weighted by Gasteiger charge is -2.09. The van der Waals surface area contributed by atoms with Crippen LogP contribution in [-0.2, 0) is 4.79 Å². The van der Waals surface area contributed by atoms with Crippen molar-refractivity contribution in [1.29, 1.82) is 0 Å². The second-order valence-electron chi connectivity index (χ2n) is 4.89. The van der Waals surface area contributed by atoms with Crippen molar-refractivity contribution in [2.45, 2.75) is 24.1 Å². The molecular formula is C16H13ClN2OS2. The Morgan fingerprint density at radius 2 is 2.00 bits per heavy atom. The zero-order chi connectivity index (χ0) is 15.7. The van der Waals surface area contributed by atoms with Crippen LogP contribution in [0.1, 0.15) is 13.8 Å². The third-order valence-electron chi connectivity index (χ3n) is 3.35. The highest BCUT2D eigenvalue weighted by molar-refractivity contribution is 8.00. The zero-order valence-corrected chi connectivity index (χ0v) is 14.4. The number of nitrogens with zero attached hydrogens (tertiary/aromatic N) is 2. The topological polar surface area (TPSA) is 42.9 Å². The van der Waals surface area contributed by atoms with Crippen molar-refractivity contribution in [3.63, 3.8) is 0 Å². The van der Waals surface area contributed by atoms with E-state index in [1.54, 1.807) is 24.6 Å². The standard InChI is InChI=1S/C16H13ClN2OS2/c1-9(20)10(2)22-16-14-13(7-21-15(14)18-8-19-16)11-3-5-12(17)6-4-11/h3-8,10H,1-2H3. The highest BCUT2D eigenvalue weighted by Crippen LogP contribution is 2.39. The number of thioether (sulfide) groups is 1. The molecule has 0 bridgehead atoms. The maximum absolute atomic E-state index is 11.5. The summed E-state index contributed by atoms with van der Waals surface area (Å²) in [6.07, 6.45) is 1.56. The van der Waals surface area contributed by atoms with Gasteiger partial charge in [0.05, 0.1) is 10.6 Å². The maximum atomic E-state index is 11.5. The van der Waals surface area contributed by atoms with E-state index in [4.69, 9.17) is 11.6 Å². The number of ketones is 1. The van der Waals surface area contributed by atoms with E-state index < -0.39 is 0 Å². The van der Waals surface area contributed by atoms with E-state index in [2.05, 4.69) is 15.3 Å². The molecule has 2 heterocycles. The van der Waals surface area contributed by atoms with Crippen LogP contribution in [0, 0.1) is 0 Å². The third-order valence-corrected chi connectivity index (χ3v) is 5.71. The number of benzene rings is 1. The minimum Gasteiger partial charge on any atom is -0.299 e. The highest BCUT2D eigenvalue weighted by atomic mass is 35.5. The van der Waals surface area contributed by atoms with E-state index in [-0.39, 0.29) is 11.0 Å². The summed E-state index contributed by atoms with van der Waals surface area (Å²) in [5, 5.41) is 4.51. The Hall–Kier alpha value is -1.43. The Bertz CT molecular complexity index is 830. The zero-order valence-electron chi connectivity index (χ0n) is 12.0. The van der Waals surface area contributed by atoms with Crippen LogP contribution in [-0.4, -0.2) is 21.0 Å². The number of aromatic nitrogens is 2. The van der Waals surface area contributed by atoms with Gasteiger partial charge in [-0.05, 0) is 31.5 Å². The molecule has 3 aromatic rings. The van der Waals surface area contributed by atoms with Crippen molar-refractivity contribution in [3.8, 4) is 11.1 Å². The van der Waals surface area contributed by atoms with Crippen LogP contribution in [0.25, 0.3) is 21.3 Å². The van der Waals surface area contributed by atoms with Gasteiger partial charge in [-0.15, -0.1) is 11.3 Å². The van der Waals surface area contributed by atoms with Gasteiger partial charge >= 0.3 is 0 Å². The van der Waals surface area contributed by atoms with Gasteiger partial charge in [0.2, 0.25) is 0 Å². The van der Waals surface area contributed by atoms with Gasteiger partial charge in [0.15, 0.2) is 0 Å². The van der Waals surface area contributed by atoms with Gasteiger partial charge in [-0.3, -0.25) is 4.79 Å². The summed E-state index contributed by atoms with van der Waals surface area (Å²) in [5.74, 6) is 0.139. The van der Waals surface area contributed by atoms with E-state index in [0.29, 0.717) is 5.02 Å². The Balaban J connectivity index is 2.12. The first-order valence-corrected chi connectivity index (χ1v) is 8.85. The molecule has 6 heteroatoms. The first kappa shape index (κ1) is 15.5. The van der Waals surface area contributed by atoms with Gasteiger partial charge in [0.25, 0.3) is 0 Å². The van der Waals surface area contributed by atoms with Crippen molar-refractivity contribution < 1.29 is 4.79 Å². The van der Waals surface area contributed by atoms with Gasteiger partial charge in [-0.2, -0.15) is 0 Å². The Morgan fingerprint density at radius 3 is 2.68 bits per heavy atom. The molecule has 1 aromatic carbocycles. The number of halogens is 1. The number of thiophene rings is 1. The monoisotopic (exact) mass is 348 g/mol. The number of hydrogen-bond acceptors (Lipinski definition) is 5. The van der Waals surface area contributed by atoms with Crippen LogP contribution in [0.3, 0.4) is 0 Å². The average Bonchev–Trinajstić information content (AvgIpc) is 2.93. The van der Waals surface area contributed by atoms with Gasteiger partial charge in [-0.1, -0.05) is 35.5 Å². The van der Waals surface area contributed by atoms with Crippen LogP contribution < -0.4 is 0 Å². The molecule has 3 rings (SSSR count). The van der Waals surface area contributed by atoms with Gasteiger partial charge in [0.1, 0.15) is 22.0 Å². The molecule has 112 valence electrons. The van der Waals surface area contributed by atoms with Gasteiger partial charge in [0, 0.05) is 16.0 Å². The normalized spacial score (nSPS) is 12.5. The molecule has 0 aliphatic rings. The van der Waals surface area contributed by atoms with E-state index in [1.807, 2.05) is 31.2 Å². The highest BCUT2D eigenvalue weighted by Gasteiger charge is 2.17. The van der Waals surface area contributed by atoms with E-state index in [9.17, 15) is 4.79 Å². The van der Waals surface area contributed by atoms with E-state index >= 15 is 0 Å². The van der Waals surface area contributed by atoms with Crippen molar-refractivity contribution in [3.05, 3.63) is 41.0 Å². The molecule has 0 saturated carbocycles. The smallest absolute Gasteiger partial charge is 0.142 e. The Morgan fingerprint density at radius 1 is 1.27 bits per heavy atom. The van der Waals surface area contributed by atoms with Crippen LogP contribution in [0.4, 0.5) is 0 Å². The largest absolute Gasteiger partial charge is 0.299 e. The predicted octanol–water partition coefficient (Wildman–Crippen LogP) is 5.08. The number of carbonyl (C=O) groups excluding carboxylic acids is 1. The second kappa shape index (κ2) is 6.36. The molecular weight excluding hydrogens is 336 g/mol. The van der Waals surface area contributed by atoms with Crippen LogP contribution in [0.5, 0.6) is 0 Å². The molecule has 0 N–H and O–H groups in total. The molecule has 2 aromatic heterocycles. The molecule has 0 amide bonds. The van der Waals surface area contributed by atoms with Crippen molar-refractivity contribution in [2.75, 3.05) is 0 Å².